The number of aryl methyl sites for hydroxylation is 1. The van der Waals surface area contributed by atoms with Crippen LogP contribution in [0.1, 0.15) is 61.7 Å². The van der Waals surface area contributed by atoms with Crippen molar-refractivity contribution in [3.05, 3.63) is 110 Å². The fourth-order valence-corrected chi connectivity index (χ4v) is 9.03. The molecule has 2 aromatic heterocycles. The molecule has 0 saturated carbocycles. The number of benzene rings is 3. The molecule has 61 heavy (non-hydrogen) atoms. The number of halogens is 1. The quantitative estimate of drug-likeness (QED) is 0.0206. The molecular formula is C43H44FN9O6S2. The van der Waals surface area contributed by atoms with Crippen LogP contribution in [0.25, 0.3) is 20.7 Å². The van der Waals surface area contributed by atoms with Crippen LogP contribution in [0.3, 0.4) is 0 Å². The summed E-state index contributed by atoms with van der Waals surface area (Å²) in [5.74, 6) is 4.91. The Morgan fingerprint density at radius 3 is 2.67 bits per heavy atom. The zero-order valence-corrected chi connectivity index (χ0v) is 35.2. The summed E-state index contributed by atoms with van der Waals surface area (Å²) in [5, 5.41) is 7.61. The first kappa shape index (κ1) is 43.0. The molecule has 5 aromatic rings. The number of esters is 1. The molecule has 0 radical (unpaired) electrons. The minimum Gasteiger partial charge on any atom is -0.491 e. The molecule has 2 aliphatic rings. The first-order valence-corrected chi connectivity index (χ1v) is 21.5. The number of aromatic nitrogens is 2. The highest BCUT2D eigenvalue weighted by Gasteiger charge is 2.28. The second kappa shape index (κ2) is 20.9. The second-order valence-corrected chi connectivity index (χ2v) is 16.4. The average Bonchev–Trinajstić information content (AvgIpc) is 3.90. The van der Waals surface area contributed by atoms with E-state index in [9.17, 15) is 14.4 Å². The van der Waals surface area contributed by atoms with Crippen LogP contribution < -0.4 is 15.0 Å². The number of fused-ring (bicyclic) bond motifs is 2. The van der Waals surface area contributed by atoms with E-state index in [0.717, 1.165) is 21.3 Å². The Balaban J connectivity index is 0.928. The number of piperazine rings is 1. The van der Waals surface area contributed by atoms with E-state index < -0.39 is 11.8 Å². The largest absolute Gasteiger partial charge is 0.491 e. The fourth-order valence-electron chi connectivity index (χ4n) is 7.05. The Bertz CT molecular complexity index is 2450. The number of methoxy groups -OCH3 is 1. The number of azide groups is 1. The van der Waals surface area contributed by atoms with Gasteiger partial charge < -0.3 is 24.0 Å². The van der Waals surface area contributed by atoms with Gasteiger partial charge in [-0.3, -0.25) is 19.8 Å². The number of nitrogens with one attached hydrogen (secondary N) is 1. The first-order chi connectivity index (χ1) is 29.8. The number of amides is 2. The summed E-state index contributed by atoms with van der Waals surface area (Å²) in [5.41, 5.74) is 12.4. The van der Waals surface area contributed by atoms with E-state index in [2.05, 4.69) is 42.0 Å². The average molecular weight is 866 g/mol. The molecule has 316 valence electrons. The first-order valence-electron chi connectivity index (χ1n) is 19.9. The number of carbonyl (C=O) groups excluding carboxylic acids is 3. The van der Waals surface area contributed by atoms with Crippen molar-refractivity contribution in [3.63, 3.8) is 0 Å². The number of nitrogens with zero attached hydrogens (tertiary/aromatic N) is 8. The lowest BCUT2D eigenvalue weighted by molar-refractivity contribution is -0.132. The zero-order chi connectivity index (χ0) is 42.6. The highest BCUT2D eigenvalue weighted by molar-refractivity contribution is 7.22. The van der Waals surface area contributed by atoms with Gasteiger partial charge in [-0.1, -0.05) is 52.6 Å². The zero-order valence-electron chi connectivity index (χ0n) is 33.6. The van der Waals surface area contributed by atoms with Crippen LogP contribution >= 0.6 is 22.7 Å². The minimum atomic E-state index is -0.607. The van der Waals surface area contributed by atoms with Gasteiger partial charge in [0.15, 0.2) is 34.3 Å². The van der Waals surface area contributed by atoms with Crippen molar-refractivity contribution in [2.75, 3.05) is 76.5 Å². The van der Waals surface area contributed by atoms with Crippen LogP contribution in [0.5, 0.6) is 5.75 Å². The Labute approximate surface area is 360 Å². The molecule has 4 heterocycles. The summed E-state index contributed by atoms with van der Waals surface area (Å²) < 4.78 is 32.1. The van der Waals surface area contributed by atoms with Crippen molar-refractivity contribution >= 4 is 60.9 Å². The number of rotatable bonds is 16. The number of carbonyl (C=O) groups is 3. The molecule has 3 aromatic carbocycles. The summed E-state index contributed by atoms with van der Waals surface area (Å²) in [6.45, 7) is 4.43. The molecule has 15 nitrogen and oxygen atoms in total. The summed E-state index contributed by atoms with van der Waals surface area (Å²) >= 11 is 2.80. The molecule has 7 rings (SSSR count). The molecule has 1 saturated heterocycles. The number of hydrogen-bond donors (Lipinski definition) is 1. The van der Waals surface area contributed by atoms with Gasteiger partial charge in [-0.05, 0) is 78.7 Å². The van der Waals surface area contributed by atoms with Gasteiger partial charge in [0.05, 0.1) is 23.4 Å². The fraction of sp³-hybridized carbons (Fsp3) is 0.372. The van der Waals surface area contributed by atoms with E-state index in [4.69, 9.17) is 24.7 Å². The maximum atomic E-state index is 15.1. The van der Waals surface area contributed by atoms with E-state index in [0.29, 0.717) is 111 Å². The molecule has 0 spiro atoms. The predicted octanol–water partition coefficient (Wildman–Crippen LogP) is 7.07. The third-order valence-electron chi connectivity index (χ3n) is 10.2. The van der Waals surface area contributed by atoms with E-state index in [-0.39, 0.29) is 36.7 Å². The summed E-state index contributed by atoms with van der Waals surface area (Å²) in [4.78, 5) is 57.8. The Morgan fingerprint density at radius 2 is 1.87 bits per heavy atom. The molecule has 2 amide bonds. The Kier molecular flexibility index (Phi) is 14.8. The lowest BCUT2D eigenvalue weighted by atomic mass is 9.94. The third-order valence-corrected chi connectivity index (χ3v) is 12.3. The standard InChI is InChI=1S/C43H44FN9O6S2/c1-57-28-59-41(56)39-37(13-7-25-58-35-16-15-29(26-33(35)44)8-6-19-51-21-23-52(24-22-51)38(54)14-5-18-46-50-45)61-43(48-39)53-20-17-30-9-4-10-31(32(30)27-53)40(55)49-42-47-34-11-2-3-12-36(34)60-42/h2-4,9-12,15-16,26H,5,7,13-14,17-25,27-28H2,1H3,(H,47,49,55). The van der Waals surface area contributed by atoms with Gasteiger partial charge in [-0.2, -0.15) is 0 Å². The van der Waals surface area contributed by atoms with E-state index in [1.54, 1.807) is 12.1 Å². The van der Waals surface area contributed by atoms with Crippen LogP contribution in [0.4, 0.5) is 14.7 Å². The molecule has 0 bridgehead atoms. The van der Waals surface area contributed by atoms with E-state index in [1.807, 2.05) is 47.4 Å². The second-order valence-electron chi connectivity index (χ2n) is 14.3. The highest BCUT2D eigenvalue weighted by Crippen LogP contribution is 2.34. The molecule has 2 aliphatic heterocycles. The van der Waals surface area contributed by atoms with Crippen LogP contribution in [-0.2, 0) is 33.7 Å². The van der Waals surface area contributed by atoms with Crippen LogP contribution in [-0.4, -0.2) is 104 Å². The predicted molar refractivity (Wildman–Crippen MR) is 232 cm³/mol. The van der Waals surface area contributed by atoms with Gasteiger partial charge in [-0.25, -0.2) is 19.2 Å². The number of ether oxygens (including phenoxy) is 3. The monoisotopic (exact) mass is 865 g/mol. The smallest absolute Gasteiger partial charge is 0.360 e. The normalized spacial score (nSPS) is 13.8. The van der Waals surface area contributed by atoms with Gasteiger partial charge in [0.1, 0.15) is 0 Å². The van der Waals surface area contributed by atoms with Crippen molar-refractivity contribution in [3.8, 4) is 17.6 Å². The van der Waals surface area contributed by atoms with Crippen LogP contribution in [0, 0.1) is 17.7 Å². The van der Waals surface area contributed by atoms with Crippen LogP contribution in [0.2, 0.25) is 0 Å². The van der Waals surface area contributed by atoms with Crippen LogP contribution in [0.15, 0.2) is 65.8 Å². The van der Waals surface area contributed by atoms with Crippen molar-refractivity contribution in [1.82, 2.24) is 19.8 Å². The minimum absolute atomic E-state index is 0.0579. The molecule has 0 aliphatic carbocycles. The molecular weight excluding hydrogens is 822 g/mol. The maximum absolute atomic E-state index is 15.1. The lowest BCUT2D eigenvalue weighted by Crippen LogP contribution is -2.48. The number of hydrogen-bond acceptors (Lipinski definition) is 13. The van der Waals surface area contributed by atoms with Gasteiger partial charge in [0, 0.05) is 80.3 Å². The summed E-state index contributed by atoms with van der Waals surface area (Å²) in [6.07, 6.45) is 2.48. The van der Waals surface area contributed by atoms with E-state index >= 15 is 4.39 Å². The van der Waals surface area contributed by atoms with Gasteiger partial charge in [-0.15, -0.1) is 11.3 Å². The van der Waals surface area contributed by atoms with Crippen molar-refractivity contribution in [2.24, 2.45) is 5.11 Å². The summed E-state index contributed by atoms with van der Waals surface area (Å²) in [7, 11) is 1.43. The van der Waals surface area contributed by atoms with Crippen molar-refractivity contribution in [1.29, 1.82) is 0 Å². The topological polar surface area (TPSA) is 175 Å². The molecule has 0 atom stereocenters. The highest BCUT2D eigenvalue weighted by atomic mass is 32.1. The Morgan fingerprint density at radius 1 is 1.02 bits per heavy atom. The van der Waals surface area contributed by atoms with Crippen molar-refractivity contribution in [2.45, 2.75) is 38.6 Å². The Hall–Kier alpha value is -6.09. The number of thiazole rings is 2. The molecule has 1 N–H and O–H groups in total. The number of anilines is 2. The van der Waals surface area contributed by atoms with Gasteiger partial charge in [0.25, 0.3) is 5.91 Å². The molecule has 0 unspecified atom stereocenters. The van der Waals surface area contributed by atoms with Crippen molar-refractivity contribution < 1.29 is 33.0 Å². The van der Waals surface area contributed by atoms with Gasteiger partial charge in [0.2, 0.25) is 5.91 Å². The number of para-hydroxylation sites is 1. The molecule has 1 fully saturated rings. The maximum Gasteiger partial charge on any atom is 0.360 e. The third kappa shape index (κ3) is 11.2. The van der Waals surface area contributed by atoms with E-state index in [1.165, 1.54) is 35.8 Å². The summed E-state index contributed by atoms with van der Waals surface area (Å²) in [6, 6.07) is 18.1. The lowest BCUT2D eigenvalue weighted by Gasteiger charge is -2.33. The SMILES string of the molecule is COCOC(=O)c1nc(N2CCc3cccc(C(=O)Nc4nc5ccccc5s4)c3C2)sc1CCCOc1ccc(C#CCN2CCN(C(=O)CCCN=[N+]=[N-])CC2)cc1F. The van der Waals surface area contributed by atoms with Gasteiger partial charge >= 0.3 is 5.97 Å². The molecule has 18 heteroatoms.